The van der Waals surface area contributed by atoms with Crippen molar-refractivity contribution in [2.75, 3.05) is 36.0 Å². The fourth-order valence-electron chi connectivity index (χ4n) is 6.43. The highest BCUT2D eigenvalue weighted by atomic mass is 32.2. The smallest absolute Gasteiger partial charge is 0.344 e. The molecule has 0 atom stereocenters. The van der Waals surface area contributed by atoms with Crippen LogP contribution >= 0.6 is 0 Å². The van der Waals surface area contributed by atoms with Crippen molar-refractivity contribution in [1.82, 2.24) is 4.90 Å². The van der Waals surface area contributed by atoms with Crippen molar-refractivity contribution in [1.29, 1.82) is 0 Å². The number of aryl methyl sites for hydroxylation is 1. The maximum absolute atomic E-state index is 13.2. The molecule has 2 N–H and O–H groups in total. The van der Waals surface area contributed by atoms with Crippen LogP contribution < -0.4 is 15.1 Å². The standard InChI is InChI=1S/C35H45N3O11S2/c1-25-24-35(2,3)38(16-6-9-32(39)37(14-7-10-33(40)41)15-8-20-51(46,47)48)30-23-31-27(21-28(25)30)22-29(34(42)49-31)26-11-17-36(18-12-26)13-4-5-19-50(43,44)45/h11-12,17-18,21-24H,4-10,13-16,19-20H2,1-3H3,(H2-,40,41,43,44,45,46,47,48). The molecule has 2 aromatic heterocycles. The molecule has 4 rings (SSSR count). The summed E-state index contributed by atoms with van der Waals surface area (Å²) in [4.78, 5) is 41.0. The molecule has 0 unspecified atom stereocenters. The molecule has 0 saturated carbocycles. The lowest BCUT2D eigenvalue weighted by Crippen LogP contribution is -2.46. The number of pyridine rings is 1. The first-order chi connectivity index (χ1) is 23.8. The highest BCUT2D eigenvalue weighted by Gasteiger charge is 2.32. The molecular formula is C35H45N3O11S2. The molecule has 1 aromatic carbocycles. The molecule has 51 heavy (non-hydrogen) atoms. The van der Waals surface area contributed by atoms with Gasteiger partial charge >= 0.3 is 11.6 Å². The Hall–Kier alpha value is -4.12. The van der Waals surface area contributed by atoms with Gasteiger partial charge in [0, 0.05) is 85.0 Å². The van der Waals surface area contributed by atoms with E-state index in [-0.39, 0.29) is 51.1 Å². The number of carbonyl (C=O) groups excluding carboxylic acids is 1. The predicted molar refractivity (Wildman–Crippen MR) is 191 cm³/mol. The summed E-state index contributed by atoms with van der Waals surface area (Å²) in [5, 5.41) is 9.74. The van der Waals surface area contributed by atoms with E-state index in [1.54, 1.807) is 30.6 Å². The van der Waals surface area contributed by atoms with Gasteiger partial charge in [0.25, 0.3) is 10.1 Å². The summed E-state index contributed by atoms with van der Waals surface area (Å²) in [5.41, 5.74) is 3.28. The number of hydrogen-bond acceptors (Lipinski definition) is 10. The van der Waals surface area contributed by atoms with Crippen molar-refractivity contribution in [3.05, 3.63) is 64.8 Å². The summed E-state index contributed by atoms with van der Waals surface area (Å²) >= 11 is 0. The Kier molecular flexibility index (Phi) is 12.8. The van der Waals surface area contributed by atoms with Crippen molar-refractivity contribution in [3.63, 3.8) is 0 Å². The third-order valence-corrected chi connectivity index (χ3v) is 10.5. The van der Waals surface area contributed by atoms with Crippen LogP contribution in [0.4, 0.5) is 5.69 Å². The number of allylic oxidation sites excluding steroid dienone is 1. The van der Waals surface area contributed by atoms with Crippen LogP contribution in [-0.2, 0) is 36.4 Å². The van der Waals surface area contributed by atoms with Gasteiger partial charge in [0.1, 0.15) is 12.1 Å². The molecule has 278 valence electrons. The number of unbranched alkanes of at least 4 members (excludes halogenated alkanes) is 1. The Morgan fingerprint density at radius 2 is 1.61 bits per heavy atom. The minimum absolute atomic E-state index is 0.0265. The molecule has 0 saturated heterocycles. The lowest BCUT2D eigenvalue weighted by Gasteiger charge is -2.43. The number of hydrogen-bond donors (Lipinski definition) is 2. The second-order valence-corrected chi connectivity index (χ2v) is 16.5. The molecule has 14 nitrogen and oxygen atoms in total. The number of amides is 1. The first-order valence-corrected chi connectivity index (χ1v) is 20.0. The summed E-state index contributed by atoms with van der Waals surface area (Å²) in [7, 11) is -8.44. The second-order valence-electron chi connectivity index (χ2n) is 13.4. The van der Waals surface area contributed by atoms with E-state index in [1.165, 1.54) is 4.90 Å². The average molecular weight is 748 g/mol. The number of carboxylic acid groups (broad SMARTS) is 1. The number of fused-ring (bicyclic) bond motifs is 2. The SMILES string of the molecule is CC1=CC(C)(C)N(CCCC(=O)N(CCCC(=O)O)CCCS(=O)(=O)O)c2cc3oc(=O)c(-c4cc[n+](CCCCS(=O)(=O)[O-])cc4)cc3cc21. The monoisotopic (exact) mass is 747 g/mol. The van der Waals surface area contributed by atoms with Gasteiger partial charge in [0.15, 0.2) is 12.4 Å². The Balaban J connectivity index is 1.50. The lowest BCUT2D eigenvalue weighted by molar-refractivity contribution is -0.697. The molecule has 0 radical (unpaired) electrons. The summed E-state index contributed by atoms with van der Waals surface area (Å²) < 4.78 is 71.7. The van der Waals surface area contributed by atoms with Crippen LogP contribution in [0.3, 0.4) is 0 Å². The van der Waals surface area contributed by atoms with Gasteiger partial charge in [-0.1, -0.05) is 6.08 Å². The summed E-state index contributed by atoms with van der Waals surface area (Å²) in [5.74, 6) is -2.14. The van der Waals surface area contributed by atoms with Crippen molar-refractivity contribution in [2.24, 2.45) is 0 Å². The summed E-state index contributed by atoms with van der Waals surface area (Å²) in [6, 6.07) is 9.16. The predicted octanol–water partition coefficient (Wildman–Crippen LogP) is 3.83. The summed E-state index contributed by atoms with van der Waals surface area (Å²) in [6.07, 6.45) is 7.16. The molecule has 16 heteroatoms. The van der Waals surface area contributed by atoms with Crippen LogP contribution in [0.15, 0.2) is 58.0 Å². The average Bonchev–Trinajstić information content (AvgIpc) is 3.02. The molecule has 0 bridgehead atoms. The van der Waals surface area contributed by atoms with Gasteiger partial charge in [0.05, 0.1) is 27.0 Å². The van der Waals surface area contributed by atoms with Gasteiger partial charge in [-0.25, -0.2) is 17.8 Å². The number of nitrogens with zero attached hydrogens (tertiary/aromatic N) is 3. The van der Waals surface area contributed by atoms with Gasteiger partial charge in [-0.3, -0.25) is 14.1 Å². The third-order valence-electron chi connectivity index (χ3n) is 8.87. The first kappa shape index (κ1) is 39.7. The molecule has 0 spiro atoms. The Labute approximate surface area is 297 Å². The van der Waals surface area contributed by atoms with Crippen LogP contribution in [0.2, 0.25) is 0 Å². The Bertz CT molecular complexity index is 2060. The van der Waals surface area contributed by atoms with E-state index in [1.807, 2.05) is 37.5 Å². The molecule has 1 amide bonds. The number of rotatable bonds is 18. The van der Waals surface area contributed by atoms with E-state index in [9.17, 15) is 35.8 Å². The Morgan fingerprint density at radius 1 is 0.941 bits per heavy atom. The van der Waals surface area contributed by atoms with E-state index in [0.29, 0.717) is 42.6 Å². The molecular weight excluding hydrogens is 703 g/mol. The number of aliphatic carboxylic acids is 1. The highest BCUT2D eigenvalue weighted by Crippen LogP contribution is 2.41. The number of carboxylic acids is 1. The number of aromatic nitrogens is 1. The maximum Gasteiger partial charge on any atom is 0.344 e. The zero-order valence-electron chi connectivity index (χ0n) is 29.0. The van der Waals surface area contributed by atoms with E-state index in [0.717, 1.165) is 22.2 Å². The first-order valence-electron chi connectivity index (χ1n) is 16.8. The van der Waals surface area contributed by atoms with Crippen molar-refractivity contribution in [3.8, 4) is 11.1 Å². The fourth-order valence-corrected chi connectivity index (χ4v) is 7.48. The fraction of sp³-hybridized carbons (Fsp3) is 0.486. The zero-order valence-corrected chi connectivity index (χ0v) is 30.7. The topological polar surface area (TPSA) is 207 Å². The largest absolute Gasteiger partial charge is 0.748 e. The quantitative estimate of drug-likeness (QED) is 0.0825. The lowest BCUT2D eigenvalue weighted by atomic mass is 9.87. The van der Waals surface area contributed by atoms with Crippen LogP contribution in [0.1, 0.15) is 71.3 Å². The molecule has 3 heterocycles. The van der Waals surface area contributed by atoms with E-state index in [2.05, 4.69) is 11.0 Å². The van der Waals surface area contributed by atoms with E-state index >= 15 is 0 Å². The van der Waals surface area contributed by atoms with Crippen LogP contribution in [0.25, 0.3) is 27.7 Å². The van der Waals surface area contributed by atoms with Gasteiger partial charge in [-0.2, -0.15) is 8.42 Å². The van der Waals surface area contributed by atoms with Gasteiger partial charge in [0.2, 0.25) is 5.91 Å². The number of carbonyl (C=O) groups is 2. The van der Waals surface area contributed by atoms with Gasteiger partial charge in [-0.05, 0) is 64.2 Å². The van der Waals surface area contributed by atoms with Crippen LogP contribution in [0.5, 0.6) is 0 Å². The molecule has 1 aliphatic heterocycles. The van der Waals surface area contributed by atoms with Gasteiger partial charge in [-0.15, -0.1) is 0 Å². The molecule has 1 aliphatic rings. The highest BCUT2D eigenvalue weighted by molar-refractivity contribution is 7.85. The molecule has 0 aliphatic carbocycles. The van der Waals surface area contributed by atoms with Crippen LogP contribution in [0, 0.1) is 0 Å². The molecule has 0 fully saturated rings. The minimum Gasteiger partial charge on any atom is -0.748 e. The zero-order chi connectivity index (χ0) is 37.6. The number of anilines is 1. The normalized spacial score (nSPS) is 14.3. The van der Waals surface area contributed by atoms with E-state index in [4.69, 9.17) is 14.1 Å². The van der Waals surface area contributed by atoms with Crippen molar-refractivity contribution < 1.29 is 49.6 Å². The van der Waals surface area contributed by atoms with Gasteiger partial charge < -0.3 is 23.9 Å². The Morgan fingerprint density at radius 3 is 2.25 bits per heavy atom. The minimum atomic E-state index is -4.24. The number of benzene rings is 1. The maximum atomic E-state index is 13.2. The third kappa shape index (κ3) is 11.4. The second kappa shape index (κ2) is 16.5. The molecule has 3 aromatic rings. The van der Waals surface area contributed by atoms with E-state index < -0.39 is 48.9 Å². The van der Waals surface area contributed by atoms with Crippen molar-refractivity contribution in [2.45, 2.75) is 77.8 Å². The summed E-state index contributed by atoms with van der Waals surface area (Å²) in [6.45, 7) is 7.32. The van der Waals surface area contributed by atoms with Crippen LogP contribution in [-0.4, -0.2) is 84.5 Å². The van der Waals surface area contributed by atoms with Crippen molar-refractivity contribution >= 4 is 54.3 Å².